The van der Waals surface area contributed by atoms with Gasteiger partial charge in [-0.15, -0.1) is 0 Å². The smallest absolute Gasteiger partial charge is 0.328 e. The second-order valence-corrected chi connectivity index (χ2v) is 8.68. The fraction of sp³-hybridized carbons (Fsp3) is 0.407. The molecule has 38 heavy (non-hydrogen) atoms. The Morgan fingerprint density at radius 2 is 1.76 bits per heavy atom. The minimum Gasteiger partial charge on any atom is -0.493 e. The van der Waals surface area contributed by atoms with Gasteiger partial charge in [0.2, 0.25) is 11.8 Å². The zero-order valence-electron chi connectivity index (χ0n) is 21.8. The number of aromatic nitrogens is 3. The van der Waals surface area contributed by atoms with Crippen molar-refractivity contribution in [3.63, 3.8) is 0 Å². The van der Waals surface area contributed by atoms with Crippen LogP contribution in [-0.4, -0.2) is 57.2 Å². The van der Waals surface area contributed by atoms with E-state index in [2.05, 4.69) is 20.3 Å². The van der Waals surface area contributed by atoms with Crippen molar-refractivity contribution in [1.82, 2.24) is 20.3 Å². The number of ether oxygens (including phenoxy) is 2. The predicted molar refractivity (Wildman–Crippen MR) is 140 cm³/mol. The van der Waals surface area contributed by atoms with Gasteiger partial charge in [0.15, 0.2) is 5.65 Å². The molecule has 0 saturated carbocycles. The first-order chi connectivity index (χ1) is 18.2. The highest BCUT2D eigenvalue weighted by atomic mass is 16.5. The predicted octanol–water partition coefficient (Wildman–Crippen LogP) is 2.80. The van der Waals surface area contributed by atoms with E-state index < -0.39 is 23.9 Å². The Hall–Kier alpha value is -4.28. The number of hydrogen-bond acceptors (Lipinski definition) is 10. The highest BCUT2D eigenvalue weighted by Crippen LogP contribution is 2.27. The molecular weight excluding hydrogens is 490 g/mol. The fourth-order valence-electron chi connectivity index (χ4n) is 4.07. The Morgan fingerprint density at radius 3 is 2.45 bits per heavy atom. The Morgan fingerprint density at radius 1 is 1.05 bits per heavy atom. The summed E-state index contributed by atoms with van der Waals surface area (Å²) in [5.74, 6) is -1.67. The second kappa shape index (κ2) is 13.3. The number of hydrogen-bond donors (Lipinski definition) is 3. The molecule has 1 atom stereocenters. The third-order valence-corrected chi connectivity index (χ3v) is 6.03. The largest absolute Gasteiger partial charge is 0.493 e. The van der Waals surface area contributed by atoms with E-state index in [1.54, 1.807) is 32.2 Å². The van der Waals surface area contributed by atoms with Crippen LogP contribution in [0.25, 0.3) is 11.0 Å². The quantitative estimate of drug-likeness (QED) is 0.300. The molecule has 0 bridgehead atoms. The zero-order chi connectivity index (χ0) is 27.7. The van der Waals surface area contributed by atoms with Crippen LogP contribution < -0.4 is 11.1 Å². The van der Waals surface area contributed by atoms with E-state index in [4.69, 9.17) is 15.2 Å². The molecular formula is C27H33N5O6. The highest BCUT2D eigenvalue weighted by molar-refractivity contribution is 5.97. The molecule has 11 heteroatoms. The molecule has 0 radical (unpaired) electrons. The number of fused-ring (bicyclic) bond motifs is 1. The van der Waals surface area contributed by atoms with Gasteiger partial charge in [0.25, 0.3) is 5.91 Å². The van der Waals surface area contributed by atoms with Crippen molar-refractivity contribution >= 4 is 34.8 Å². The number of pyridine rings is 1. The summed E-state index contributed by atoms with van der Waals surface area (Å²) in [6, 6.07) is 6.16. The van der Waals surface area contributed by atoms with Crippen molar-refractivity contribution in [2.24, 2.45) is 0 Å². The first-order valence-electron chi connectivity index (χ1n) is 12.6. The van der Waals surface area contributed by atoms with E-state index in [1.807, 2.05) is 19.1 Å². The lowest BCUT2D eigenvalue weighted by Crippen LogP contribution is -2.42. The van der Waals surface area contributed by atoms with Gasteiger partial charge in [-0.2, -0.15) is 9.97 Å². The number of benzene rings is 1. The lowest BCUT2D eigenvalue weighted by Gasteiger charge is -2.17. The summed E-state index contributed by atoms with van der Waals surface area (Å²) in [6.45, 7) is 5.67. The number of amides is 1. The lowest BCUT2D eigenvalue weighted by molar-refractivity contribution is -0.146. The molecule has 0 unspecified atom stereocenters. The second-order valence-electron chi connectivity index (χ2n) is 8.68. The molecule has 0 aliphatic heterocycles. The normalized spacial score (nSPS) is 11.7. The summed E-state index contributed by atoms with van der Waals surface area (Å²) >= 11 is 0. The van der Waals surface area contributed by atoms with Crippen LogP contribution >= 0.6 is 0 Å². The van der Waals surface area contributed by atoms with Gasteiger partial charge in [0.05, 0.1) is 18.6 Å². The van der Waals surface area contributed by atoms with Crippen LogP contribution in [0.5, 0.6) is 5.88 Å². The average molecular weight is 524 g/mol. The Balaban J connectivity index is 1.58. The van der Waals surface area contributed by atoms with E-state index in [9.17, 15) is 19.5 Å². The standard InChI is InChI=1S/C27H33N5O6/c1-4-37-21(33)14-13-20(26(36)38-5-2)30-24(34)18-11-9-17(10-12-18)7-6-8-19-15-29-23-22(16(19)3)25(35)32-27(28)31-23/h9-12,15,20H,4-8,13-14H2,1-3H3,(H,30,34)(H3,28,29,31,32,35)/t20-/m0/s1. The number of carbonyl (C=O) groups is 3. The molecule has 0 fully saturated rings. The first-order valence-corrected chi connectivity index (χ1v) is 12.6. The van der Waals surface area contributed by atoms with Crippen molar-refractivity contribution in [1.29, 1.82) is 0 Å². The number of aromatic hydroxyl groups is 1. The lowest BCUT2D eigenvalue weighted by atomic mass is 10.00. The van der Waals surface area contributed by atoms with Crippen LogP contribution in [-0.2, 0) is 31.9 Å². The molecule has 2 heterocycles. The molecule has 1 amide bonds. The minimum atomic E-state index is -0.952. The van der Waals surface area contributed by atoms with Gasteiger partial charge in [-0.3, -0.25) is 9.59 Å². The first kappa shape index (κ1) is 28.3. The van der Waals surface area contributed by atoms with E-state index in [-0.39, 0.29) is 37.9 Å². The van der Waals surface area contributed by atoms with Crippen molar-refractivity contribution in [2.75, 3.05) is 18.9 Å². The van der Waals surface area contributed by atoms with Gasteiger partial charge in [0.1, 0.15) is 6.04 Å². The molecule has 202 valence electrons. The SMILES string of the molecule is CCOC(=O)CC[C@H](NC(=O)c1ccc(CCCc2cnc3nc(N)nc(O)c3c2C)cc1)C(=O)OCC. The number of esters is 2. The number of nitrogens with two attached hydrogens (primary N) is 1. The Labute approximate surface area is 220 Å². The number of nitrogens with one attached hydrogen (secondary N) is 1. The van der Waals surface area contributed by atoms with Gasteiger partial charge >= 0.3 is 11.9 Å². The van der Waals surface area contributed by atoms with Gasteiger partial charge in [-0.1, -0.05) is 12.1 Å². The van der Waals surface area contributed by atoms with Gasteiger partial charge in [-0.25, -0.2) is 9.78 Å². The monoisotopic (exact) mass is 523 g/mol. The third-order valence-electron chi connectivity index (χ3n) is 6.03. The number of nitrogen functional groups attached to an aromatic ring is 1. The molecule has 3 rings (SSSR count). The van der Waals surface area contributed by atoms with E-state index in [0.717, 1.165) is 36.0 Å². The van der Waals surface area contributed by atoms with Crippen LogP contribution in [0.3, 0.4) is 0 Å². The average Bonchev–Trinajstić information content (AvgIpc) is 2.88. The van der Waals surface area contributed by atoms with Gasteiger partial charge in [-0.05, 0) is 75.3 Å². The summed E-state index contributed by atoms with van der Waals surface area (Å²) in [5, 5.41) is 13.3. The molecule has 0 aliphatic rings. The fourth-order valence-corrected chi connectivity index (χ4v) is 4.07. The van der Waals surface area contributed by atoms with Crippen LogP contribution in [0.2, 0.25) is 0 Å². The Bertz CT molecular complexity index is 1300. The number of aryl methyl sites for hydroxylation is 3. The summed E-state index contributed by atoms with van der Waals surface area (Å²) < 4.78 is 9.94. The number of anilines is 1. The maximum atomic E-state index is 12.8. The maximum Gasteiger partial charge on any atom is 0.328 e. The van der Waals surface area contributed by atoms with E-state index in [1.165, 1.54) is 0 Å². The van der Waals surface area contributed by atoms with Crippen molar-refractivity contribution in [2.45, 2.75) is 58.9 Å². The van der Waals surface area contributed by atoms with Crippen LogP contribution in [0.1, 0.15) is 60.2 Å². The van der Waals surface area contributed by atoms with E-state index in [0.29, 0.717) is 16.6 Å². The molecule has 4 N–H and O–H groups in total. The molecule has 0 spiro atoms. The van der Waals surface area contributed by atoms with E-state index >= 15 is 0 Å². The number of rotatable bonds is 12. The van der Waals surface area contributed by atoms with Crippen LogP contribution in [0.4, 0.5) is 5.95 Å². The van der Waals surface area contributed by atoms with Crippen molar-refractivity contribution < 1.29 is 29.0 Å². The summed E-state index contributed by atoms with van der Waals surface area (Å²) in [6.07, 6.45) is 4.11. The molecule has 11 nitrogen and oxygen atoms in total. The van der Waals surface area contributed by atoms with Crippen LogP contribution in [0.15, 0.2) is 30.5 Å². The van der Waals surface area contributed by atoms with Gasteiger partial charge in [0, 0.05) is 18.2 Å². The molecule has 0 saturated heterocycles. The minimum absolute atomic E-state index is 0.0105. The summed E-state index contributed by atoms with van der Waals surface area (Å²) in [4.78, 5) is 48.9. The third kappa shape index (κ3) is 7.37. The molecule has 2 aromatic heterocycles. The zero-order valence-corrected chi connectivity index (χ0v) is 21.8. The summed E-state index contributed by atoms with van der Waals surface area (Å²) in [5.41, 5.74) is 9.21. The van der Waals surface area contributed by atoms with Crippen molar-refractivity contribution in [3.8, 4) is 5.88 Å². The topological polar surface area (TPSA) is 167 Å². The highest BCUT2D eigenvalue weighted by Gasteiger charge is 2.24. The molecule has 1 aromatic carbocycles. The number of nitrogens with zero attached hydrogens (tertiary/aromatic N) is 3. The van der Waals surface area contributed by atoms with Crippen LogP contribution in [0, 0.1) is 6.92 Å². The maximum absolute atomic E-state index is 12.8. The van der Waals surface area contributed by atoms with Crippen molar-refractivity contribution in [3.05, 3.63) is 52.7 Å². The Kier molecular flexibility index (Phi) is 9.92. The molecule has 3 aromatic rings. The molecule has 0 aliphatic carbocycles. The number of carbonyl (C=O) groups excluding carboxylic acids is 3. The summed E-state index contributed by atoms with van der Waals surface area (Å²) in [7, 11) is 0. The van der Waals surface area contributed by atoms with Gasteiger partial charge < -0.3 is 25.6 Å².